The van der Waals surface area contributed by atoms with E-state index in [-0.39, 0.29) is 41.6 Å². The molecular formula is C34H34F2N6O4. The number of ether oxygens (including phenoxy) is 3. The Bertz CT molecular complexity index is 1880. The number of rotatable bonds is 11. The molecule has 0 unspecified atom stereocenters. The molecule has 1 aliphatic rings. The van der Waals surface area contributed by atoms with E-state index in [1.54, 1.807) is 31.0 Å². The second kappa shape index (κ2) is 13.2. The highest BCUT2D eigenvalue weighted by Crippen LogP contribution is 2.34. The molecule has 0 saturated carbocycles. The summed E-state index contributed by atoms with van der Waals surface area (Å²) in [7, 11) is 4.66. The predicted octanol–water partition coefficient (Wildman–Crippen LogP) is 5.61. The third kappa shape index (κ3) is 6.01. The van der Waals surface area contributed by atoms with Crippen molar-refractivity contribution in [2.24, 2.45) is 5.92 Å². The molecule has 1 aliphatic heterocycles. The summed E-state index contributed by atoms with van der Waals surface area (Å²) in [6, 6.07) is 16.4. The van der Waals surface area contributed by atoms with Gasteiger partial charge in [0.05, 0.1) is 29.4 Å². The van der Waals surface area contributed by atoms with Gasteiger partial charge in [-0.25, -0.2) is 23.4 Å². The molecule has 3 aromatic carbocycles. The fraction of sp³-hybridized carbons (Fsp3) is 0.294. The summed E-state index contributed by atoms with van der Waals surface area (Å²) in [6.07, 6.45) is 2.46. The molecule has 0 spiro atoms. The summed E-state index contributed by atoms with van der Waals surface area (Å²) in [6.45, 7) is 1.30. The molecule has 6 rings (SSSR count). The van der Waals surface area contributed by atoms with Crippen molar-refractivity contribution in [3.8, 4) is 22.7 Å². The third-order valence-corrected chi connectivity index (χ3v) is 8.41. The minimum Gasteiger partial charge on any atom is -0.496 e. The smallest absolute Gasteiger partial charge is 0.169 e. The lowest BCUT2D eigenvalue weighted by Crippen LogP contribution is -2.28. The highest BCUT2D eigenvalue weighted by molar-refractivity contribution is 5.99. The van der Waals surface area contributed by atoms with Gasteiger partial charge in [-0.1, -0.05) is 24.3 Å². The second-order valence-corrected chi connectivity index (χ2v) is 11.2. The van der Waals surface area contributed by atoms with E-state index in [1.165, 1.54) is 37.7 Å². The number of benzene rings is 3. The van der Waals surface area contributed by atoms with Crippen LogP contribution in [0.25, 0.3) is 28.0 Å². The topological polar surface area (TPSA) is 118 Å². The number of nitrogen functional groups attached to an aromatic ring is 1. The lowest BCUT2D eigenvalue weighted by atomic mass is 10.00. The molecule has 1 saturated heterocycles. The Labute approximate surface area is 264 Å². The molecule has 0 amide bonds. The van der Waals surface area contributed by atoms with Crippen LogP contribution in [0.4, 0.5) is 20.3 Å². The average molecular weight is 629 g/mol. The molecule has 5 aromatic rings. The number of carbonyl (C=O) groups excluding carboxylic acids is 1. The first kappa shape index (κ1) is 31.1. The summed E-state index contributed by atoms with van der Waals surface area (Å²) in [4.78, 5) is 23.4. The van der Waals surface area contributed by atoms with Gasteiger partial charge in [0.1, 0.15) is 35.2 Å². The summed E-state index contributed by atoms with van der Waals surface area (Å²) >= 11 is 0. The maximum Gasteiger partial charge on any atom is 0.169 e. The largest absolute Gasteiger partial charge is 0.496 e. The van der Waals surface area contributed by atoms with Crippen LogP contribution in [-0.4, -0.2) is 66.2 Å². The van der Waals surface area contributed by atoms with Gasteiger partial charge in [0.2, 0.25) is 0 Å². The van der Waals surface area contributed by atoms with Gasteiger partial charge in [-0.15, -0.1) is 0 Å². The Morgan fingerprint density at radius 2 is 1.80 bits per heavy atom. The third-order valence-electron chi connectivity index (χ3n) is 8.41. The van der Waals surface area contributed by atoms with Crippen LogP contribution in [0.5, 0.6) is 5.75 Å². The maximum absolute atomic E-state index is 15.6. The molecule has 10 nitrogen and oxygen atoms in total. The number of hydrogen-bond donors (Lipinski definition) is 1. The van der Waals surface area contributed by atoms with Crippen LogP contribution in [-0.2, 0) is 15.9 Å². The van der Waals surface area contributed by atoms with E-state index in [0.717, 1.165) is 17.5 Å². The summed E-state index contributed by atoms with van der Waals surface area (Å²) in [5.41, 5.74) is 10.1. The molecule has 2 N–H and O–H groups in total. The van der Waals surface area contributed by atoms with Crippen LogP contribution >= 0.6 is 0 Å². The normalized spacial score (nSPS) is 14.8. The van der Waals surface area contributed by atoms with Crippen molar-refractivity contribution in [1.29, 1.82) is 0 Å². The van der Waals surface area contributed by atoms with Crippen LogP contribution in [0.1, 0.15) is 28.8 Å². The molecule has 12 heteroatoms. The Hall–Kier alpha value is -4.94. The maximum atomic E-state index is 15.6. The number of ketones is 1. The molecule has 0 radical (unpaired) electrons. The number of fused-ring (bicyclic) bond motifs is 1. The molecule has 3 heterocycles. The first-order chi connectivity index (χ1) is 22.3. The number of aryl methyl sites for hydroxylation is 1. The minimum atomic E-state index is -0.495. The van der Waals surface area contributed by atoms with E-state index < -0.39 is 5.82 Å². The number of methoxy groups -OCH3 is 3. The first-order valence-electron chi connectivity index (χ1n) is 14.9. The molecule has 1 atom stereocenters. The minimum absolute atomic E-state index is 0.134. The molecular weight excluding hydrogens is 594 g/mol. The quantitative estimate of drug-likeness (QED) is 0.147. The summed E-state index contributed by atoms with van der Waals surface area (Å²) in [5.74, 6) is -0.374. The van der Waals surface area contributed by atoms with Gasteiger partial charge in [-0.05, 0) is 48.7 Å². The summed E-state index contributed by atoms with van der Waals surface area (Å²) < 4.78 is 47.0. The number of carbonyl (C=O) groups is 1. The van der Waals surface area contributed by atoms with Crippen LogP contribution in [0.3, 0.4) is 0 Å². The van der Waals surface area contributed by atoms with Crippen molar-refractivity contribution in [2.75, 3.05) is 45.1 Å². The highest BCUT2D eigenvalue weighted by Gasteiger charge is 2.31. The molecule has 46 heavy (non-hydrogen) atoms. The standard InChI is InChI=1S/C34H34F2N6O4/c1-44-29-13-9-23(35)16-25(29)28(43)12-6-20-4-7-21(8-5-20)31-30-32(37)38-19-39-33(30)42(40-31)24-10-11-27(26(36)17-24)41-15-14-22(18-41)34(45-2)46-3/h4-5,7-11,13,16-17,19,22,34H,6,12,14-15,18H2,1-3H3,(H2,37,38,39)/t22-/m0/s1. The number of Topliss-reactive ketones (excluding diaryl/α,β-unsaturated/α-hetero) is 1. The number of nitrogens with two attached hydrogens (primary N) is 1. The molecule has 0 aliphatic carbocycles. The fourth-order valence-corrected chi connectivity index (χ4v) is 6.07. The van der Waals surface area contributed by atoms with Crippen molar-refractivity contribution in [3.05, 3.63) is 89.8 Å². The van der Waals surface area contributed by atoms with Crippen molar-refractivity contribution in [2.45, 2.75) is 25.6 Å². The number of hydrogen-bond acceptors (Lipinski definition) is 9. The Kier molecular flexibility index (Phi) is 8.91. The highest BCUT2D eigenvalue weighted by atomic mass is 19.1. The zero-order valence-corrected chi connectivity index (χ0v) is 25.7. The van der Waals surface area contributed by atoms with E-state index in [4.69, 9.17) is 25.0 Å². The monoisotopic (exact) mass is 628 g/mol. The number of nitrogens with zero attached hydrogens (tertiary/aromatic N) is 5. The molecule has 0 bridgehead atoms. The van der Waals surface area contributed by atoms with Crippen LogP contribution in [0, 0.1) is 17.6 Å². The Balaban J connectivity index is 1.24. The SMILES string of the molecule is COc1ccc(F)cc1C(=O)CCc1ccc(-c2nn(-c3ccc(N4CC[C@H](C(OC)OC)C4)c(F)c3)c3ncnc(N)c23)cc1. The van der Waals surface area contributed by atoms with E-state index in [0.29, 0.717) is 53.4 Å². The Morgan fingerprint density at radius 1 is 1.02 bits per heavy atom. The summed E-state index contributed by atoms with van der Waals surface area (Å²) in [5, 5.41) is 5.35. The van der Waals surface area contributed by atoms with Gasteiger partial charge >= 0.3 is 0 Å². The van der Waals surface area contributed by atoms with Crippen molar-refractivity contribution in [3.63, 3.8) is 0 Å². The second-order valence-electron chi connectivity index (χ2n) is 11.2. The lowest BCUT2D eigenvalue weighted by Gasteiger charge is -2.23. The number of aromatic nitrogens is 4. The molecule has 1 fully saturated rings. The lowest BCUT2D eigenvalue weighted by molar-refractivity contribution is -0.132. The van der Waals surface area contributed by atoms with E-state index in [1.807, 2.05) is 29.2 Å². The van der Waals surface area contributed by atoms with Gasteiger partial charge in [0.25, 0.3) is 0 Å². The van der Waals surface area contributed by atoms with Crippen LogP contribution in [0.15, 0.2) is 67.0 Å². The van der Waals surface area contributed by atoms with Gasteiger partial charge in [-0.3, -0.25) is 4.79 Å². The van der Waals surface area contributed by atoms with E-state index in [9.17, 15) is 9.18 Å². The molecule has 2 aromatic heterocycles. The van der Waals surface area contributed by atoms with Gasteiger partial charge in [0.15, 0.2) is 17.7 Å². The zero-order valence-electron chi connectivity index (χ0n) is 25.7. The van der Waals surface area contributed by atoms with E-state index in [2.05, 4.69) is 9.97 Å². The predicted molar refractivity (Wildman–Crippen MR) is 170 cm³/mol. The first-order valence-corrected chi connectivity index (χ1v) is 14.9. The van der Waals surface area contributed by atoms with Gasteiger partial charge in [0, 0.05) is 51.3 Å². The average Bonchev–Trinajstić information content (AvgIpc) is 3.71. The Morgan fingerprint density at radius 3 is 2.52 bits per heavy atom. The van der Waals surface area contributed by atoms with Crippen LogP contribution in [0.2, 0.25) is 0 Å². The molecule has 238 valence electrons. The number of halogens is 2. The fourth-order valence-electron chi connectivity index (χ4n) is 6.07. The number of anilines is 2. The zero-order chi connectivity index (χ0) is 32.4. The van der Waals surface area contributed by atoms with Crippen molar-refractivity contribution in [1.82, 2.24) is 19.7 Å². The van der Waals surface area contributed by atoms with Crippen LogP contribution < -0.4 is 15.4 Å². The van der Waals surface area contributed by atoms with Crippen molar-refractivity contribution < 1.29 is 27.8 Å². The van der Waals surface area contributed by atoms with Gasteiger partial charge < -0.3 is 24.8 Å². The van der Waals surface area contributed by atoms with Crippen molar-refractivity contribution >= 4 is 28.3 Å². The van der Waals surface area contributed by atoms with E-state index >= 15 is 4.39 Å². The van der Waals surface area contributed by atoms with Gasteiger partial charge in [-0.2, -0.15) is 5.10 Å².